The van der Waals surface area contributed by atoms with Crippen molar-refractivity contribution >= 4 is 28.5 Å². The number of nitrogens with zero attached hydrogens (tertiary/aromatic N) is 3. The molecule has 1 fully saturated rings. The van der Waals surface area contributed by atoms with Gasteiger partial charge in [-0.3, -0.25) is 14.4 Å². The van der Waals surface area contributed by atoms with E-state index in [2.05, 4.69) is 23.3 Å². The lowest BCUT2D eigenvalue weighted by Gasteiger charge is -2.34. The smallest absolute Gasteiger partial charge is 0.246 e. The number of hydrogen-bond acceptors (Lipinski definition) is 5. The van der Waals surface area contributed by atoms with Crippen LogP contribution in [0.2, 0.25) is 0 Å². The molecule has 8 heteroatoms. The van der Waals surface area contributed by atoms with Gasteiger partial charge in [0.2, 0.25) is 17.7 Å². The molecule has 3 amide bonds. The Balaban J connectivity index is 1.59. The Hall–Kier alpha value is -4.01. The molecule has 4 rings (SSSR count). The van der Waals surface area contributed by atoms with Crippen molar-refractivity contribution < 1.29 is 14.4 Å². The highest BCUT2D eigenvalue weighted by Gasteiger charge is 2.35. The van der Waals surface area contributed by atoms with Crippen molar-refractivity contribution in [3.05, 3.63) is 96.1 Å². The highest BCUT2D eigenvalue weighted by Crippen LogP contribution is 2.21. The van der Waals surface area contributed by atoms with Crippen LogP contribution in [0.15, 0.2) is 84.9 Å². The molecule has 0 bridgehead atoms. The molecule has 1 aliphatic heterocycles. The summed E-state index contributed by atoms with van der Waals surface area (Å²) in [5.41, 5.74) is 7.55. The topological polar surface area (TPSA) is 99.0 Å². The largest absolute Gasteiger partial charge is 0.354 e. The van der Waals surface area contributed by atoms with Crippen LogP contribution in [0.5, 0.6) is 0 Å². The van der Waals surface area contributed by atoms with E-state index in [0.29, 0.717) is 31.8 Å². The monoisotopic (exact) mass is 625 g/mol. The lowest BCUT2D eigenvalue weighted by molar-refractivity contribution is -0.146. The predicted molar refractivity (Wildman–Crippen MR) is 186 cm³/mol. The zero-order chi connectivity index (χ0) is 33.3. The van der Waals surface area contributed by atoms with Crippen LogP contribution in [0.3, 0.4) is 0 Å². The van der Waals surface area contributed by atoms with E-state index < -0.39 is 17.6 Å². The molecule has 0 radical (unpaired) electrons. The summed E-state index contributed by atoms with van der Waals surface area (Å²) in [4.78, 5) is 47.0. The van der Waals surface area contributed by atoms with E-state index in [1.807, 2.05) is 80.6 Å². The van der Waals surface area contributed by atoms with Crippen molar-refractivity contribution in [2.45, 2.75) is 76.0 Å². The van der Waals surface area contributed by atoms with Crippen LogP contribution in [0.1, 0.15) is 50.7 Å². The first kappa shape index (κ1) is 34.9. The quantitative estimate of drug-likeness (QED) is 0.256. The summed E-state index contributed by atoms with van der Waals surface area (Å²) in [6.07, 6.45) is 7.61. The molecular formula is C38H51N5O3. The Kier molecular flexibility index (Phi) is 12.1. The van der Waals surface area contributed by atoms with Crippen molar-refractivity contribution in [3.8, 4) is 0 Å². The van der Waals surface area contributed by atoms with Gasteiger partial charge in [-0.1, -0.05) is 78.9 Å². The number of likely N-dealkylation sites (N-methyl/N-ethyl adjacent to an activating group) is 2. The number of carbonyl (C=O) groups is 3. The predicted octanol–water partition coefficient (Wildman–Crippen LogP) is 4.56. The van der Waals surface area contributed by atoms with Crippen LogP contribution in [-0.2, 0) is 27.2 Å². The number of amides is 3. The van der Waals surface area contributed by atoms with Crippen molar-refractivity contribution in [2.24, 2.45) is 5.73 Å². The van der Waals surface area contributed by atoms with Crippen LogP contribution in [-0.4, -0.2) is 90.3 Å². The van der Waals surface area contributed by atoms with Gasteiger partial charge in [0.15, 0.2) is 0 Å². The number of hydrogen-bond donors (Lipinski definition) is 2. The van der Waals surface area contributed by atoms with E-state index in [-0.39, 0.29) is 17.7 Å². The summed E-state index contributed by atoms with van der Waals surface area (Å²) in [6.45, 7) is 5.42. The number of benzene rings is 3. The third kappa shape index (κ3) is 9.74. The lowest BCUT2D eigenvalue weighted by atomic mass is 9.98. The summed E-state index contributed by atoms with van der Waals surface area (Å²) >= 11 is 0. The Morgan fingerprint density at radius 3 is 2.28 bits per heavy atom. The molecule has 1 heterocycles. The average Bonchev–Trinajstić information content (AvgIpc) is 3.45. The van der Waals surface area contributed by atoms with Gasteiger partial charge in [-0.05, 0) is 81.1 Å². The second-order valence-corrected chi connectivity index (χ2v) is 13.5. The van der Waals surface area contributed by atoms with Crippen molar-refractivity contribution in [1.29, 1.82) is 0 Å². The highest BCUT2D eigenvalue weighted by atomic mass is 16.2. The fourth-order valence-electron chi connectivity index (χ4n) is 6.17. The fraction of sp³-hybridized carbons (Fsp3) is 0.447. The zero-order valence-electron chi connectivity index (χ0n) is 28.1. The van der Waals surface area contributed by atoms with Gasteiger partial charge >= 0.3 is 0 Å². The molecule has 8 nitrogen and oxygen atoms in total. The SMILES string of the molecule is CN1CCCC1CCNC(=O)[C@@H](Cc1ccccc1)N(C)C(=O)[C@@H](Cc1ccc2ccccc2c1)N(C)C(=O)C=CCC(C)(C)N. The molecule has 0 aliphatic carbocycles. The number of likely N-dealkylation sites (tertiary alicyclic amines) is 1. The molecule has 0 saturated carbocycles. The minimum absolute atomic E-state index is 0.191. The van der Waals surface area contributed by atoms with Gasteiger partial charge in [0.25, 0.3) is 0 Å². The first-order chi connectivity index (χ1) is 21.9. The summed E-state index contributed by atoms with van der Waals surface area (Å²) in [6, 6.07) is 22.8. The standard InChI is InChI=1S/C38H51N5O3/c1-38(2,39)22-11-18-35(44)42(4)34(27-29-19-20-30-15-9-10-16-31(30)25-29)37(46)43(5)33(26-28-13-7-6-8-14-28)36(45)40-23-21-32-17-12-24-41(32)3/h6-11,13-16,18-20,25,32-34H,12,17,21-24,26-27,39H2,1-5H3,(H,40,45)/t32?,33-,34-/m1/s1. The van der Waals surface area contributed by atoms with E-state index in [1.54, 1.807) is 20.2 Å². The zero-order valence-corrected chi connectivity index (χ0v) is 28.1. The van der Waals surface area contributed by atoms with Crippen LogP contribution >= 0.6 is 0 Å². The number of rotatable bonds is 14. The van der Waals surface area contributed by atoms with Gasteiger partial charge in [0.1, 0.15) is 12.1 Å². The van der Waals surface area contributed by atoms with Crippen LogP contribution in [0, 0.1) is 0 Å². The normalized spacial score (nSPS) is 16.8. The van der Waals surface area contributed by atoms with Crippen LogP contribution in [0.4, 0.5) is 0 Å². The average molecular weight is 626 g/mol. The summed E-state index contributed by atoms with van der Waals surface area (Å²) < 4.78 is 0. The van der Waals surface area contributed by atoms with E-state index >= 15 is 0 Å². The molecule has 3 atom stereocenters. The van der Waals surface area contributed by atoms with Gasteiger partial charge in [0, 0.05) is 45.1 Å². The van der Waals surface area contributed by atoms with Crippen LogP contribution < -0.4 is 11.1 Å². The number of carbonyl (C=O) groups excluding carboxylic acids is 3. The minimum Gasteiger partial charge on any atom is -0.354 e. The van der Waals surface area contributed by atoms with E-state index in [4.69, 9.17) is 5.73 Å². The Morgan fingerprint density at radius 1 is 0.935 bits per heavy atom. The van der Waals surface area contributed by atoms with Gasteiger partial charge in [-0.25, -0.2) is 0 Å². The van der Waals surface area contributed by atoms with Gasteiger partial charge in [-0.2, -0.15) is 0 Å². The molecule has 246 valence electrons. The maximum absolute atomic E-state index is 14.5. The maximum Gasteiger partial charge on any atom is 0.246 e. The number of fused-ring (bicyclic) bond motifs is 1. The Labute approximate surface area is 274 Å². The van der Waals surface area contributed by atoms with Crippen molar-refractivity contribution in [3.63, 3.8) is 0 Å². The molecule has 46 heavy (non-hydrogen) atoms. The van der Waals surface area contributed by atoms with E-state index in [9.17, 15) is 14.4 Å². The first-order valence-corrected chi connectivity index (χ1v) is 16.4. The summed E-state index contributed by atoms with van der Waals surface area (Å²) in [5.74, 6) is -0.770. The first-order valence-electron chi connectivity index (χ1n) is 16.4. The molecular weight excluding hydrogens is 574 g/mol. The molecule has 3 N–H and O–H groups in total. The second-order valence-electron chi connectivity index (χ2n) is 13.5. The lowest BCUT2D eigenvalue weighted by Crippen LogP contribution is -2.56. The Morgan fingerprint density at radius 2 is 1.61 bits per heavy atom. The number of nitrogens with two attached hydrogens (primary N) is 1. The molecule has 3 aromatic carbocycles. The molecule has 3 aromatic rings. The van der Waals surface area contributed by atoms with E-state index in [1.165, 1.54) is 22.3 Å². The molecule has 0 aromatic heterocycles. The van der Waals surface area contributed by atoms with E-state index in [0.717, 1.165) is 41.3 Å². The molecule has 1 saturated heterocycles. The third-order valence-electron chi connectivity index (χ3n) is 9.09. The number of nitrogens with one attached hydrogen (secondary N) is 1. The van der Waals surface area contributed by atoms with Crippen LogP contribution in [0.25, 0.3) is 10.8 Å². The van der Waals surface area contributed by atoms with Crippen molar-refractivity contribution in [1.82, 2.24) is 20.0 Å². The van der Waals surface area contributed by atoms with Gasteiger partial charge < -0.3 is 25.8 Å². The summed E-state index contributed by atoms with van der Waals surface area (Å²) in [5, 5.41) is 5.29. The second kappa shape index (κ2) is 16.0. The summed E-state index contributed by atoms with van der Waals surface area (Å²) in [7, 11) is 5.46. The highest BCUT2D eigenvalue weighted by molar-refractivity contribution is 5.95. The molecule has 1 aliphatic rings. The van der Waals surface area contributed by atoms with Gasteiger partial charge in [-0.15, -0.1) is 0 Å². The third-order valence-corrected chi connectivity index (χ3v) is 9.09. The molecule has 0 spiro atoms. The fourth-order valence-corrected chi connectivity index (χ4v) is 6.17. The van der Waals surface area contributed by atoms with Crippen molar-refractivity contribution in [2.75, 3.05) is 34.2 Å². The Bertz CT molecular complexity index is 1500. The molecule has 1 unspecified atom stereocenters. The van der Waals surface area contributed by atoms with Gasteiger partial charge in [0.05, 0.1) is 0 Å². The minimum atomic E-state index is -0.826. The maximum atomic E-state index is 14.5.